The molecule has 0 saturated heterocycles. The molecule has 4 aromatic rings. The van der Waals surface area contributed by atoms with Crippen molar-refractivity contribution in [2.75, 3.05) is 5.73 Å². The molecule has 0 radical (unpaired) electrons. The maximum atomic E-state index is 10.7. The smallest absolute Gasteiger partial charge is 0.269 e. The van der Waals surface area contributed by atoms with Crippen LogP contribution < -0.4 is 5.73 Å². The van der Waals surface area contributed by atoms with E-state index in [0.29, 0.717) is 0 Å². The van der Waals surface area contributed by atoms with E-state index in [1.54, 1.807) is 12.1 Å². The standard InChI is InChI=1S/C16H10N4O2S2/c17-11-5-1-9(2-6-11)13-18-15-16(23-13)19-14(24-15)10-3-7-12(8-4-10)20(21)22/h1-8H,17H2. The molecule has 118 valence electrons. The number of nitro groups is 1. The van der Waals surface area contributed by atoms with Crippen molar-refractivity contribution in [2.45, 2.75) is 0 Å². The topological polar surface area (TPSA) is 94.9 Å². The number of rotatable bonds is 3. The molecule has 8 heteroatoms. The van der Waals surface area contributed by atoms with Gasteiger partial charge in [0.15, 0.2) is 9.66 Å². The summed E-state index contributed by atoms with van der Waals surface area (Å²) < 4.78 is 0. The van der Waals surface area contributed by atoms with E-state index in [0.717, 1.165) is 36.5 Å². The fraction of sp³-hybridized carbons (Fsp3) is 0. The van der Waals surface area contributed by atoms with Gasteiger partial charge in [-0.15, -0.1) is 0 Å². The second-order valence-electron chi connectivity index (χ2n) is 5.07. The van der Waals surface area contributed by atoms with Crippen LogP contribution in [0, 0.1) is 10.1 Å². The SMILES string of the molecule is Nc1ccc(-c2nc3sc(-c4ccc([N+](=O)[O-])cc4)nc3s2)cc1. The molecule has 2 N–H and O–H groups in total. The quantitative estimate of drug-likeness (QED) is 0.330. The molecule has 2 heterocycles. The minimum Gasteiger partial charge on any atom is -0.399 e. The molecule has 0 fully saturated rings. The van der Waals surface area contributed by atoms with Crippen LogP contribution in [0.5, 0.6) is 0 Å². The summed E-state index contributed by atoms with van der Waals surface area (Å²) in [5.41, 5.74) is 8.35. The molecule has 2 aromatic carbocycles. The van der Waals surface area contributed by atoms with E-state index in [4.69, 9.17) is 5.73 Å². The Balaban J connectivity index is 1.68. The Morgan fingerprint density at radius 2 is 1.29 bits per heavy atom. The van der Waals surface area contributed by atoms with Crippen LogP contribution in [-0.4, -0.2) is 14.9 Å². The highest BCUT2D eigenvalue weighted by atomic mass is 32.1. The second kappa shape index (κ2) is 5.66. The maximum Gasteiger partial charge on any atom is 0.269 e. The van der Waals surface area contributed by atoms with Crippen molar-refractivity contribution in [3.8, 4) is 21.1 Å². The van der Waals surface area contributed by atoms with Crippen LogP contribution in [0.2, 0.25) is 0 Å². The summed E-state index contributed by atoms with van der Waals surface area (Å²) >= 11 is 3.00. The molecule has 0 aliphatic carbocycles. The molecule has 0 atom stereocenters. The highest BCUT2D eigenvalue weighted by Gasteiger charge is 2.14. The summed E-state index contributed by atoms with van der Waals surface area (Å²) in [7, 11) is 0. The number of nitrogens with two attached hydrogens (primary N) is 1. The number of fused-ring (bicyclic) bond motifs is 1. The first-order valence-electron chi connectivity index (χ1n) is 6.98. The van der Waals surface area contributed by atoms with E-state index in [9.17, 15) is 10.1 Å². The molecule has 24 heavy (non-hydrogen) atoms. The summed E-state index contributed by atoms with van der Waals surface area (Å²) in [6.07, 6.45) is 0. The summed E-state index contributed by atoms with van der Waals surface area (Å²) in [6.45, 7) is 0. The van der Waals surface area contributed by atoms with Crippen LogP contribution >= 0.6 is 22.7 Å². The number of nitrogen functional groups attached to an aromatic ring is 1. The number of hydrogen-bond acceptors (Lipinski definition) is 7. The average molecular weight is 354 g/mol. The first kappa shape index (κ1) is 14.7. The summed E-state index contributed by atoms with van der Waals surface area (Å²) in [5.74, 6) is 0. The second-order valence-corrected chi connectivity index (χ2v) is 7.03. The number of nitrogens with zero attached hydrogens (tertiary/aromatic N) is 3. The molecule has 0 amide bonds. The Kier molecular flexibility index (Phi) is 3.47. The molecular weight excluding hydrogens is 344 g/mol. The van der Waals surface area contributed by atoms with Gasteiger partial charge in [-0.1, -0.05) is 22.7 Å². The summed E-state index contributed by atoms with van der Waals surface area (Å²) in [5, 5.41) is 12.4. The molecule has 0 spiro atoms. The van der Waals surface area contributed by atoms with Gasteiger partial charge in [0.25, 0.3) is 5.69 Å². The largest absolute Gasteiger partial charge is 0.399 e. The van der Waals surface area contributed by atoms with Gasteiger partial charge in [-0.05, 0) is 36.4 Å². The van der Waals surface area contributed by atoms with Gasteiger partial charge in [0, 0.05) is 28.9 Å². The van der Waals surface area contributed by atoms with Crippen molar-refractivity contribution in [3.05, 3.63) is 58.6 Å². The maximum absolute atomic E-state index is 10.7. The Labute approximate surface area is 144 Å². The Morgan fingerprint density at radius 3 is 1.75 bits per heavy atom. The monoisotopic (exact) mass is 354 g/mol. The Bertz CT molecular complexity index is 1000. The lowest BCUT2D eigenvalue weighted by atomic mass is 10.2. The predicted molar refractivity (Wildman–Crippen MR) is 97.2 cm³/mol. The van der Waals surface area contributed by atoms with Crippen molar-refractivity contribution in [1.82, 2.24) is 9.97 Å². The van der Waals surface area contributed by atoms with Crippen molar-refractivity contribution < 1.29 is 4.92 Å². The normalized spacial score (nSPS) is 11.0. The van der Waals surface area contributed by atoms with Gasteiger partial charge < -0.3 is 5.73 Å². The van der Waals surface area contributed by atoms with E-state index in [2.05, 4.69) is 9.97 Å². The molecule has 0 unspecified atom stereocenters. The van der Waals surface area contributed by atoms with Crippen LogP contribution in [0.25, 0.3) is 30.8 Å². The third-order valence-electron chi connectivity index (χ3n) is 3.46. The van der Waals surface area contributed by atoms with E-state index >= 15 is 0 Å². The molecule has 0 aliphatic heterocycles. The van der Waals surface area contributed by atoms with Crippen LogP contribution in [0.1, 0.15) is 0 Å². The van der Waals surface area contributed by atoms with E-state index < -0.39 is 4.92 Å². The first-order valence-corrected chi connectivity index (χ1v) is 8.61. The van der Waals surface area contributed by atoms with Gasteiger partial charge in [0.1, 0.15) is 10.0 Å². The molecule has 0 saturated carbocycles. The van der Waals surface area contributed by atoms with Crippen LogP contribution in [0.3, 0.4) is 0 Å². The van der Waals surface area contributed by atoms with E-state index in [1.807, 2.05) is 24.3 Å². The predicted octanol–water partition coefficient (Wildman–Crippen LogP) is 4.58. The number of hydrogen-bond donors (Lipinski definition) is 1. The van der Waals surface area contributed by atoms with Crippen molar-refractivity contribution in [3.63, 3.8) is 0 Å². The minimum absolute atomic E-state index is 0.0703. The lowest BCUT2D eigenvalue weighted by Crippen LogP contribution is -1.86. The van der Waals surface area contributed by atoms with Gasteiger partial charge in [-0.3, -0.25) is 10.1 Å². The third kappa shape index (κ3) is 2.61. The molecule has 0 aliphatic rings. The Morgan fingerprint density at radius 1 is 0.833 bits per heavy atom. The van der Waals surface area contributed by atoms with Crippen LogP contribution in [-0.2, 0) is 0 Å². The summed E-state index contributed by atoms with van der Waals surface area (Å²) in [4.78, 5) is 21.3. The number of nitro benzene ring substituents is 1. The highest BCUT2D eigenvalue weighted by Crippen LogP contribution is 2.36. The number of thiazole rings is 2. The average Bonchev–Trinajstić information content (AvgIpc) is 3.14. The Hall–Kier alpha value is -2.84. The fourth-order valence-corrected chi connectivity index (χ4v) is 4.29. The van der Waals surface area contributed by atoms with Crippen molar-refractivity contribution in [1.29, 1.82) is 0 Å². The lowest BCUT2D eigenvalue weighted by molar-refractivity contribution is -0.384. The van der Waals surface area contributed by atoms with Crippen LogP contribution in [0.15, 0.2) is 48.5 Å². The number of anilines is 1. The van der Waals surface area contributed by atoms with Crippen molar-refractivity contribution >= 4 is 43.7 Å². The minimum atomic E-state index is -0.412. The zero-order valence-electron chi connectivity index (χ0n) is 12.2. The molecule has 2 aromatic heterocycles. The number of benzene rings is 2. The molecule has 0 bridgehead atoms. The first-order chi connectivity index (χ1) is 11.6. The summed E-state index contributed by atoms with van der Waals surface area (Å²) in [6, 6.07) is 14.0. The highest BCUT2D eigenvalue weighted by molar-refractivity contribution is 7.29. The zero-order valence-corrected chi connectivity index (χ0v) is 13.8. The molecule has 4 rings (SSSR count). The van der Waals surface area contributed by atoms with Crippen LogP contribution in [0.4, 0.5) is 11.4 Å². The number of non-ortho nitro benzene ring substituents is 1. The van der Waals surface area contributed by atoms with Gasteiger partial charge in [-0.2, -0.15) is 0 Å². The number of aromatic nitrogens is 2. The molecule has 6 nitrogen and oxygen atoms in total. The fourth-order valence-electron chi connectivity index (χ4n) is 2.24. The van der Waals surface area contributed by atoms with Gasteiger partial charge in [0.2, 0.25) is 0 Å². The van der Waals surface area contributed by atoms with E-state index in [-0.39, 0.29) is 5.69 Å². The lowest BCUT2D eigenvalue weighted by Gasteiger charge is -1.97. The van der Waals surface area contributed by atoms with Gasteiger partial charge in [-0.25, -0.2) is 9.97 Å². The zero-order chi connectivity index (χ0) is 16.7. The van der Waals surface area contributed by atoms with Gasteiger partial charge in [0.05, 0.1) is 4.92 Å². The molecular formula is C16H10N4O2S2. The third-order valence-corrected chi connectivity index (χ3v) is 5.58. The van der Waals surface area contributed by atoms with Crippen molar-refractivity contribution in [2.24, 2.45) is 0 Å². The van der Waals surface area contributed by atoms with E-state index in [1.165, 1.54) is 34.8 Å². The van der Waals surface area contributed by atoms with Gasteiger partial charge >= 0.3 is 0 Å².